The van der Waals surface area contributed by atoms with Crippen LogP contribution in [0.25, 0.3) is 11.3 Å². The molecule has 7 nitrogen and oxygen atoms in total. The van der Waals surface area contributed by atoms with Crippen LogP contribution in [0.2, 0.25) is 0 Å². The number of aromatic amines is 1. The van der Waals surface area contributed by atoms with E-state index >= 15 is 0 Å². The van der Waals surface area contributed by atoms with Crippen molar-refractivity contribution in [2.24, 2.45) is 4.99 Å². The molecule has 1 aromatic carbocycles. The summed E-state index contributed by atoms with van der Waals surface area (Å²) < 4.78 is 35.9. The van der Waals surface area contributed by atoms with Crippen molar-refractivity contribution in [2.75, 3.05) is 18.5 Å². The Bertz CT molecular complexity index is 1010. The van der Waals surface area contributed by atoms with Gasteiger partial charge in [-0.25, -0.2) is 13.8 Å². The molecule has 0 spiro atoms. The topological polar surface area (TPSA) is 80.1 Å². The number of aromatic nitrogens is 4. The lowest BCUT2D eigenvalue weighted by molar-refractivity contribution is 0.0663. The molecule has 2 aliphatic heterocycles. The number of hydrogen-bond donors (Lipinski definition) is 2. The van der Waals surface area contributed by atoms with Gasteiger partial charge in [0.1, 0.15) is 17.5 Å². The fraction of sp³-hybridized carbons (Fsp3) is 0.278. The minimum absolute atomic E-state index is 0.0595. The van der Waals surface area contributed by atoms with Crippen molar-refractivity contribution in [1.82, 2.24) is 20.0 Å². The van der Waals surface area contributed by atoms with Crippen LogP contribution in [-0.2, 0) is 4.74 Å². The lowest BCUT2D eigenvalue weighted by Gasteiger charge is -2.22. The molecule has 27 heavy (non-hydrogen) atoms. The van der Waals surface area contributed by atoms with Gasteiger partial charge in [-0.05, 0) is 25.0 Å². The van der Waals surface area contributed by atoms with E-state index in [9.17, 15) is 8.78 Å². The third kappa shape index (κ3) is 2.71. The first kappa shape index (κ1) is 16.1. The summed E-state index contributed by atoms with van der Waals surface area (Å²) in [5.41, 5.74) is 1.77. The zero-order chi connectivity index (χ0) is 18.4. The van der Waals surface area contributed by atoms with Crippen molar-refractivity contribution in [1.29, 1.82) is 0 Å². The first-order chi connectivity index (χ1) is 13.2. The third-order valence-corrected chi connectivity index (χ3v) is 4.86. The standard InChI is InChI=1S/C18H16F2N6O/c19-12-2-1-3-13(20)15(12)18-22-14-8-21-24-16(14)11-9-26(25-17(11)23-18)10-4-6-27-7-5-10/h1-3,8-10H,4-7H2,(H,21,24)(H,22,23,25). The van der Waals surface area contributed by atoms with Crippen LogP contribution in [0.3, 0.4) is 0 Å². The highest BCUT2D eigenvalue weighted by atomic mass is 19.1. The maximum atomic E-state index is 14.3. The van der Waals surface area contributed by atoms with E-state index in [1.165, 1.54) is 18.2 Å². The molecule has 0 amide bonds. The number of halogens is 2. The van der Waals surface area contributed by atoms with E-state index in [0.29, 0.717) is 30.4 Å². The predicted molar refractivity (Wildman–Crippen MR) is 95.1 cm³/mol. The minimum atomic E-state index is -0.696. The maximum Gasteiger partial charge on any atom is 0.185 e. The van der Waals surface area contributed by atoms with Gasteiger partial charge in [-0.2, -0.15) is 10.2 Å². The quantitative estimate of drug-likeness (QED) is 0.725. The number of aliphatic imine (C=N–C) groups is 1. The fourth-order valence-corrected chi connectivity index (χ4v) is 3.47. The van der Waals surface area contributed by atoms with Crippen molar-refractivity contribution < 1.29 is 13.5 Å². The predicted octanol–water partition coefficient (Wildman–Crippen LogP) is 3.41. The Balaban J connectivity index is 1.66. The molecule has 0 saturated carbocycles. The Morgan fingerprint density at radius 1 is 1.15 bits per heavy atom. The molecule has 5 rings (SSSR count). The van der Waals surface area contributed by atoms with Crippen molar-refractivity contribution >= 4 is 17.3 Å². The summed E-state index contributed by atoms with van der Waals surface area (Å²) in [5, 5.41) is 14.5. The number of hydrogen-bond acceptors (Lipinski definition) is 5. The normalized spacial score (nSPS) is 16.9. The summed E-state index contributed by atoms with van der Waals surface area (Å²) in [6.07, 6.45) is 5.17. The number of rotatable bonds is 2. The number of anilines is 1. The second-order valence-electron chi connectivity index (χ2n) is 6.53. The highest BCUT2D eigenvalue weighted by molar-refractivity contribution is 6.12. The van der Waals surface area contributed by atoms with E-state index < -0.39 is 11.6 Å². The van der Waals surface area contributed by atoms with Crippen molar-refractivity contribution in [3.8, 4) is 11.3 Å². The van der Waals surface area contributed by atoms with Crippen LogP contribution in [0.5, 0.6) is 0 Å². The molecule has 9 heteroatoms. The first-order valence-corrected chi connectivity index (χ1v) is 8.71. The van der Waals surface area contributed by atoms with Crippen molar-refractivity contribution in [2.45, 2.75) is 18.9 Å². The number of benzene rings is 1. The zero-order valence-corrected chi connectivity index (χ0v) is 14.2. The third-order valence-electron chi connectivity index (χ3n) is 4.86. The molecule has 2 aromatic heterocycles. The van der Waals surface area contributed by atoms with Gasteiger partial charge >= 0.3 is 0 Å². The number of fused-ring (bicyclic) bond motifs is 3. The Morgan fingerprint density at radius 3 is 2.70 bits per heavy atom. The number of nitrogens with one attached hydrogen (secondary N) is 2. The van der Waals surface area contributed by atoms with Crippen molar-refractivity contribution in [3.63, 3.8) is 0 Å². The second-order valence-corrected chi connectivity index (χ2v) is 6.53. The highest BCUT2D eigenvalue weighted by Gasteiger charge is 2.26. The summed E-state index contributed by atoms with van der Waals surface area (Å²) in [4.78, 5) is 4.45. The summed E-state index contributed by atoms with van der Waals surface area (Å²) >= 11 is 0. The summed E-state index contributed by atoms with van der Waals surface area (Å²) in [6, 6.07) is 3.92. The van der Waals surface area contributed by atoms with E-state index in [1.54, 1.807) is 6.20 Å². The van der Waals surface area contributed by atoms with Gasteiger partial charge in [0.25, 0.3) is 0 Å². The molecule has 0 bridgehead atoms. The van der Waals surface area contributed by atoms with E-state index in [4.69, 9.17) is 4.74 Å². The van der Waals surface area contributed by atoms with Crippen LogP contribution in [0.4, 0.5) is 20.3 Å². The number of H-pyrrole nitrogens is 1. The van der Waals surface area contributed by atoms with Gasteiger partial charge in [0.15, 0.2) is 5.82 Å². The summed E-state index contributed by atoms with van der Waals surface area (Å²) in [6.45, 7) is 1.36. The van der Waals surface area contributed by atoms with Gasteiger partial charge in [-0.3, -0.25) is 9.78 Å². The van der Waals surface area contributed by atoms with E-state index in [-0.39, 0.29) is 17.4 Å². The molecular weight excluding hydrogens is 354 g/mol. The van der Waals surface area contributed by atoms with Crippen LogP contribution in [0.15, 0.2) is 35.6 Å². The largest absolute Gasteiger partial charge is 0.381 e. The lowest BCUT2D eigenvalue weighted by atomic mass is 10.1. The van der Waals surface area contributed by atoms with Gasteiger partial charge in [0.05, 0.1) is 34.7 Å². The molecule has 138 valence electrons. The fourth-order valence-electron chi connectivity index (χ4n) is 3.47. The molecule has 1 saturated heterocycles. The summed E-state index contributed by atoms with van der Waals surface area (Å²) in [5.74, 6) is -0.948. The van der Waals surface area contributed by atoms with Crippen LogP contribution in [-0.4, -0.2) is 39.0 Å². The van der Waals surface area contributed by atoms with Gasteiger partial charge in [0.2, 0.25) is 0 Å². The molecule has 2 N–H and O–H groups in total. The van der Waals surface area contributed by atoms with E-state index in [1.807, 2.05) is 10.9 Å². The Morgan fingerprint density at radius 2 is 1.93 bits per heavy atom. The highest BCUT2D eigenvalue weighted by Crippen LogP contribution is 2.38. The molecule has 2 aliphatic rings. The number of nitrogens with zero attached hydrogens (tertiary/aromatic N) is 4. The van der Waals surface area contributed by atoms with Crippen LogP contribution >= 0.6 is 0 Å². The molecular formula is C18H16F2N6O. The number of ether oxygens (including phenoxy) is 1. The monoisotopic (exact) mass is 370 g/mol. The molecule has 1 fully saturated rings. The Labute approximate surface area is 153 Å². The first-order valence-electron chi connectivity index (χ1n) is 8.71. The van der Waals surface area contributed by atoms with Gasteiger partial charge < -0.3 is 10.1 Å². The van der Waals surface area contributed by atoms with E-state index in [2.05, 4.69) is 25.6 Å². The molecule has 0 unspecified atom stereocenters. The van der Waals surface area contributed by atoms with E-state index in [0.717, 1.165) is 18.4 Å². The maximum absolute atomic E-state index is 14.3. The van der Waals surface area contributed by atoms with Gasteiger partial charge in [-0.15, -0.1) is 0 Å². The molecule has 0 atom stereocenters. The van der Waals surface area contributed by atoms with Crippen LogP contribution < -0.4 is 5.32 Å². The molecule has 0 radical (unpaired) electrons. The second kappa shape index (κ2) is 6.27. The average Bonchev–Trinajstić information content (AvgIpc) is 3.26. The smallest absolute Gasteiger partial charge is 0.185 e. The lowest BCUT2D eigenvalue weighted by Crippen LogP contribution is -2.20. The Kier molecular flexibility index (Phi) is 3.75. The SMILES string of the molecule is Fc1cccc(F)c1C1=Nc2nn(C3CCOCC3)cc2-c2[nH]ncc2N1. The van der Waals surface area contributed by atoms with Crippen LogP contribution in [0, 0.1) is 11.6 Å². The minimum Gasteiger partial charge on any atom is -0.381 e. The zero-order valence-electron chi connectivity index (χ0n) is 14.2. The van der Waals surface area contributed by atoms with Crippen molar-refractivity contribution in [3.05, 3.63) is 47.8 Å². The molecule has 0 aliphatic carbocycles. The van der Waals surface area contributed by atoms with Gasteiger partial charge in [0, 0.05) is 19.4 Å². The number of amidine groups is 1. The Hall–Kier alpha value is -3.07. The molecule has 3 aromatic rings. The average molecular weight is 370 g/mol. The van der Waals surface area contributed by atoms with Crippen LogP contribution in [0.1, 0.15) is 24.4 Å². The molecule has 4 heterocycles. The summed E-state index contributed by atoms with van der Waals surface area (Å²) in [7, 11) is 0. The van der Waals surface area contributed by atoms with Gasteiger partial charge in [-0.1, -0.05) is 6.07 Å².